The Kier molecular flexibility index (Phi) is 1.53. The van der Waals surface area contributed by atoms with E-state index in [0.717, 1.165) is 0 Å². The molecule has 58 valence electrons. The summed E-state index contributed by atoms with van der Waals surface area (Å²) < 4.78 is 36.3. The topological polar surface area (TPSA) is 0 Å². The van der Waals surface area contributed by atoms with Gasteiger partial charge in [-0.2, -0.15) is 13.2 Å². The molecule has 0 saturated carbocycles. The summed E-state index contributed by atoms with van der Waals surface area (Å²) in [6.45, 7) is 1.26. The molecule has 3 heteroatoms. The van der Waals surface area contributed by atoms with Gasteiger partial charge in [-0.05, 0) is 12.8 Å². The van der Waals surface area contributed by atoms with E-state index >= 15 is 0 Å². The van der Waals surface area contributed by atoms with Gasteiger partial charge in [0, 0.05) is 0 Å². The Labute approximate surface area is 57.7 Å². The zero-order chi connectivity index (χ0) is 7.83. The van der Waals surface area contributed by atoms with Crippen molar-refractivity contribution in [3.05, 3.63) is 12.2 Å². The second-order valence-electron chi connectivity index (χ2n) is 2.94. The molecule has 0 unspecified atom stereocenters. The van der Waals surface area contributed by atoms with Gasteiger partial charge in [0.05, 0.1) is 5.41 Å². The lowest BCUT2D eigenvalue weighted by atomic mass is 9.87. The number of alkyl halides is 3. The molecular formula is C7H9F3. The van der Waals surface area contributed by atoms with Crippen LogP contribution in [0.5, 0.6) is 0 Å². The lowest BCUT2D eigenvalue weighted by Crippen LogP contribution is -2.32. The molecule has 0 saturated heterocycles. The largest absolute Gasteiger partial charge is 0.394 e. The fraction of sp³-hybridized carbons (Fsp3) is 0.714. The van der Waals surface area contributed by atoms with E-state index in [0.29, 0.717) is 0 Å². The molecule has 1 rings (SSSR count). The van der Waals surface area contributed by atoms with Crippen LogP contribution < -0.4 is 0 Å². The van der Waals surface area contributed by atoms with Crippen molar-refractivity contribution in [1.29, 1.82) is 0 Å². The quantitative estimate of drug-likeness (QED) is 0.466. The van der Waals surface area contributed by atoms with E-state index in [2.05, 4.69) is 0 Å². The summed E-state index contributed by atoms with van der Waals surface area (Å²) in [5.41, 5.74) is -1.48. The normalized spacial score (nSPS) is 23.6. The van der Waals surface area contributed by atoms with Crippen LogP contribution in [-0.2, 0) is 0 Å². The van der Waals surface area contributed by atoms with Gasteiger partial charge in [0.15, 0.2) is 0 Å². The number of rotatable bonds is 0. The molecular weight excluding hydrogens is 141 g/mol. The molecule has 0 amide bonds. The van der Waals surface area contributed by atoms with Gasteiger partial charge in [-0.15, -0.1) is 0 Å². The van der Waals surface area contributed by atoms with Crippen molar-refractivity contribution < 1.29 is 13.2 Å². The molecule has 0 N–H and O–H groups in total. The van der Waals surface area contributed by atoms with Crippen molar-refractivity contribution in [3.8, 4) is 0 Å². The summed E-state index contributed by atoms with van der Waals surface area (Å²) in [6, 6.07) is 0. The summed E-state index contributed by atoms with van der Waals surface area (Å²) >= 11 is 0. The minimum Gasteiger partial charge on any atom is -0.170 e. The van der Waals surface area contributed by atoms with Gasteiger partial charge in [-0.25, -0.2) is 0 Å². The molecule has 1 aliphatic rings. The second-order valence-corrected chi connectivity index (χ2v) is 2.94. The molecule has 0 spiro atoms. The van der Waals surface area contributed by atoms with Crippen molar-refractivity contribution in [2.24, 2.45) is 5.41 Å². The number of halogens is 3. The Balaban J connectivity index is 2.71. The smallest absolute Gasteiger partial charge is 0.170 e. The highest BCUT2D eigenvalue weighted by Gasteiger charge is 2.50. The molecule has 0 atom stereocenters. The van der Waals surface area contributed by atoms with Crippen LogP contribution in [0.1, 0.15) is 19.8 Å². The molecule has 1 aliphatic carbocycles. The third-order valence-corrected chi connectivity index (χ3v) is 1.99. The van der Waals surface area contributed by atoms with Crippen LogP contribution in [0, 0.1) is 5.41 Å². The zero-order valence-corrected chi connectivity index (χ0v) is 5.70. The van der Waals surface area contributed by atoms with E-state index in [1.54, 1.807) is 12.2 Å². The molecule has 10 heavy (non-hydrogen) atoms. The molecule has 0 nitrogen and oxygen atoms in total. The van der Waals surface area contributed by atoms with Crippen molar-refractivity contribution in [2.75, 3.05) is 0 Å². The molecule has 0 aromatic heterocycles. The highest BCUT2D eigenvalue weighted by atomic mass is 19.4. The van der Waals surface area contributed by atoms with Gasteiger partial charge in [-0.1, -0.05) is 19.1 Å². The maximum atomic E-state index is 12.1. The summed E-state index contributed by atoms with van der Waals surface area (Å²) in [7, 11) is 0. The van der Waals surface area contributed by atoms with Crippen LogP contribution in [0.2, 0.25) is 0 Å². The zero-order valence-electron chi connectivity index (χ0n) is 5.70. The van der Waals surface area contributed by atoms with E-state index in [-0.39, 0.29) is 12.8 Å². The Hall–Kier alpha value is -0.470. The second kappa shape index (κ2) is 2.01. The molecule has 0 aromatic carbocycles. The molecule has 0 bridgehead atoms. The summed E-state index contributed by atoms with van der Waals surface area (Å²) in [5.74, 6) is 0. The van der Waals surface area contributed by atoms with Gasteiger partial charge in [0.25, 0.3) is 0 Å². The fourth-order valence-corrected chi connectivity index (χ4v) is 1.00. The Bertz CT molecular complexity index is 147. The third kappa shape index (κ3) is 1.04. The van der Waals surface area contributed by atoms with Crippen LogP contribution in [0.15, 0.2) is 12.2 Å². The van der Waals surface area contributed by atoms with E-state index in [1.165, 1.54) is 6.92 Å². The summed E-state index contributed by atoms with van der Waals surface area (Å²) in [5, 5.41) is 0. The monoisotopic (exact) mass is 150 g/mol. The van der Waals surface area contributed by atoms with Crippen LogP contribution in [0.4, 0.5) is 13.2 Å². The third-order valence-electron chi connectivity index (χ3n) is 1.99. The first-order valence-corrected chi connectivity index (χ1v) is 3.17. The maximum absolute atomic E-state index is 12.1. The van der Waals surface area contributed by atoms with E-state index in [1.807, 2.05) is 0 Å². The van der Waals surface area contributed by atoms with Crippen LogP contribution in [-0.4, -0.2) is 6.18 Å². The molecule has 0 aromatic rings. The minimum absolute atomic E-state index is 0.135. The Morgan fingerprint density at radius 1 is 1.20 bits per heavy atom. The highest BCUT2D eigenvalue weighted by Crippen LogP contribution is 2.46. The first kappa shape index (κ1) is 7.63. The summed E-state index contributed by atoms with van der Waals surface area (Å²) in [4.78, 5) is 0. The average Bonchev–Trinajstić information content (AvgIpc) is 2.13. The van der Waals surface area contributed by atoms with Crippen molar-refractivity contribution in [3.63, 3.8) is 0 Å². The lowest BCUT2D eigenvalue weighted by molar-refractivity contribution is -0.213. The van der Waals surface area contributed by atoms with Crippen molar-refractivity contribution in [2.45, 2.75) is 25.9 Å². The molecule has 0 aliphatic heterocycles. The van der Waals surface area contributed by atoms with E-state index in [9.17, 15) is 13.2 Å². The number of hydrogen-bond donors (Lipinski definition) is 0. The van der Waals surface area contributed by atoms with Crippen LogP contribution in [0.3, 0.4) is 0 Å². The SMILES string of the molecule is CC1(C(F)(F)F)CC=CC1. The van der Waals surface area contributed by atoms with Gasteiger partial charge in [0.2, 0.25) is 0 Å². The average molecular weight is 150 g/mol. The lowest BCUT2D eigenvalue weighted by Gasteiger charge is -2.26. The first-order valence-electron chi connectivity index (χ1n) is 3.17. The predicted octanol–water partition coefficient (Wildman–Crippen LogP) is 2.91. The summed E-state index contributed by atoms with van der Waals surface area (Å²) in [6.07, 6.45) is -0.593. The van der Waals surface area contributed by atoms with Crippen LogP contribution >= 0.6 is 0 Å². The number of hydrogen-bond acceptors (Lipinski definition) is 0. The predicted molar refractivity (Wildman–Crippen MR) is 32.5 cm³/mol. The first-order chi connectivity index (χ1) is 4.46. The van der Waals surface area contributed by atoms with E-state index in [4.69, 9.17) is 0 Å². The Morgan fingerprint density at radius 3 is 1.80 bits per heavy atom. The standard InChI is InChI=1S/C7H9F3/c1-6(7(8,9)10)4-2-3-5-6/h2-3H,4-5H2,1H3. The molecule has 0 radical (unpaired) electrons. The van der Waals surface area contributed by atoms with Crippen LogP contribution in [0.25, 0.3) is 0 Å². The molecule has 0 heterocycles. The number of allylic oxidation sites excluding steroid dienone is 2. The minimum atomic E-state index is -4.05. The highest BCUT2D eigenvalue weighted by molar-refractivity contribution is 5.03. The Morgan fingerprint density at radius 2 is 1.60 bits per heavy atom. The van der Waals surface area contributed by atoms with Gasteiger partial charge < -0.3 is 0 Å². The van der Waals surface area contributed by atoms with Gasteiger partial charge >= 0.3 is 6.18 Å². The van der Waals surface area contributed by atoms with Gasteiger partial charge in [-0.3, -0.25) is 0 Å². The van der Waals surface area contributed by atoms with Gasteiger partial charge in [0.1, 0.15) is 0 Å². The van der Waals surface area contributed by atoms with E-state index < -0.39 is 11.6 Å². The fourth-order valence-electron chi connectivity index (χ4n) is 1.00. The van der Waals surface area contributed by atoms with Crippen molar-refractivity contribution >= 4 is 0 Å². The maximum Gasteiger partial charge on any atom is 0.394 e. The molecule has 0 fully saturated rings. The van der Waals surface area contributed by atoms with Crippen molar-refractivity contribution in [1.82, 2.24) is 0 Å².